The van der Waals surface area contributed by atoms with Crippen molar-refractivity contribution in [2.45, 2.75) is 130 Å². The normalized spacial score (nSPS) is 19.6. The Morgan fingerprint density at radius 3 is 2.11 bits per heavy atom. The summed E-state index contributed by atoms with van der Waals surface area (Å²) in [5.74, 6) is -1.08. The lowest BCUT2D eigenvalue weighted by molar-refractivity contribution is -0.145. The first-order chi connectivity index (χ1) is 25.9. The number of cyclic esters (lactones) is 1. The van der Waals surface area contributed by atoms with Crippen LogP contribution in [0.4, 0.5) is 4.79 Å². The number of aliphatic hydroxyl groups is 1. The number of hydrogen-bond acceptors (Lipinski definition) is 9. The zero-order valence-corrected chi connectivity index (χ0v) is 35.9. The van der Waals surface area contributed by atoms with E-state index in [2.05, 4.69) is 43.5 Å². The third kappa shape index (κ3) is 16.9. The Morgan fingerprint density at radius 2 is 1.71 bits per heavy atom. The monoisotopic (exact) mass is 780 g/mol. The SMILES string of the molecule is CC1N(C)C(=O)OC1(C)C.CCC.CCC(C)C(C(CC(=O)N1CCCC1C(OC)C(C)C(=O)NCCO)OC)N(C)C(=O)CNC=O.Cc1ccccc1. The van der Waals surface area contributed by atoms with E-state index in [1.165, 1.54) is 26.2 Å². The summed E-state index contributed by atoms with van der Waals surface area (Å²) in [6, 6.07) is 9.80. The maximum Gasteiger partial charge on any atom is 0.410 e. The van der Waals surface area contributed by atoms with Crippen molar-refractivity contribution >= 4 is 30.2 Å². The molecule has 3 rings (SSSR count). The number of hydrogen-bond donors (Lipinski definition) is 3. The molecule has 0 spiro atoms. The number of likely N-dealkylation sites (N-methyl/N-ethyl adjacent to an activating group) is 2. The molecule has 14 heteroatoms. The molecule has 7 atom stereocenters. The molecule has 55 heavy (non-hydrogen) atoms. The highest BCUT2D eigenvalue weighted by Crippen LogP contribution is 2.29. The molecule has 2 saturated heterocycles. The number of likely N-dealkylation sites (tertiary alicyclic amines) is 1. The summed E-state index contributed by atoms with van der Waals surface area (Å²) in [7, 11) is 6.48. The average Bonchev–Trinajstić information content (AvgIpc) is 3.71. The van der Waals surface area contributed by atoms with E-state index in [1.54, 1.807) is 35.7 Å². The molecule has 7 unspecified atom stereocenters. The smallest absolute Gasteiger partial charge is 0.410 e. The molecule has 14 nitrogen and oxygen atoms in total. The fourth-order valence-corrected chi connectivity index (χ4v) is 6.46. The van der Waals surface area contributed by atoms with Crippen molar-refractivity contribution in [3.8, 4) is 0 Å². The van der Waals surface area contributed by atoms with Gasteiger partial charge in [-0.15, -0.1) is 0 Å². The zero-order valence-electron chi connectivity index (χ0n) is 35.9. The Morgan fingerprint density at radius 1 is 1.11 bits per heavy atom. The summed E-state index contributed by atoms with van der Waals surface area (Å²) in [5, 5.41) is 14.1. The molecule has 0 saturated carbocycles. The van der Waals surface area contributed by atoms with Crippen molar-refractivity contribution in [2.75, 3.05) is 54.6 Å². The van der Waals surface area contributed by atoms with E-state index >= 15 is 0 Å². The largest absolute Gasteiger partial charge is 0.441 e. The number of rotatable bonds is 16. The van der Waals surface area contributed by atoms with Gasteiger partial charge in [-0.1, -0.05) is 83.4 Å². The predicted molar refractivity (Wildman–Crippen MR) is 215 cm³/mol. The van der Waals surface area contributed by atoms with Crippen molar-refractivity contribution in [3.63, 3.8) is 0 Å². The van der Waals surface area contributed by atoms with Crippen LogP contribution >= 0.6 is 0 Å². The lowest BCUT2D eigenvalue weighted by Gasteiger charge is -2.39. The molecule has 0 aliphatic carbocycles. The number of aliphatic hydroxyl groups excluding tert-OH is 1. The zero-order chi connectivity index (χ0) is 42.3. The van der Waals surface area contributed by atoms with Crippen LogP contribution in [0.2, 0.25) is 0 Å². The molecule has 3 N–H and O–H groups in total. The Kier molecular flexibility index (Phi) is 25.1. The third-order valence-electron chi connectivity index (χ3n) is 10.2. The number of carbonyl (C=O) groups excluding carboxylic acids is 5. The highest BCUT2D eigenvalue weighted by atomic mass is 16.6. The van der Waals surface area contributed by atoms with E-state index in [9.17, 15) is 24.0 Å². The summed E-state index contributed by atoms with van der Waals surface area (Å²) < 4.78 is 16.5. The van der Waals surface area contributed by atoms with Crippen molar-refractivity contribution in [1.82, 2.24) is 25.3 Å². The molecule has 2 heterocycles. The van der Waals surface area contributed by atoms with Crippen molar-refractivity contribution < 1.29 is 43.3 Å². The number of nitrogens with one attached hydrogen (secondary N) is 2. The van der Waals surface area contributed by atoms with E-state index in [0.29, 0.717) is 19.4 Å². The van der Waals surface area contributed by atoms with Gasteiger partial charge in [-0.05, 0) is 46.5 Å². The molecule has 2 aliphatic rings. The van der Waals surface area contributed by atoms with Crippen LogP contribution in [0, 0.1) is 18.8 Å². The van der Waals surface area contributed by atoms with Gasteiger partial charge in [0, 0.05) is 41.4 Å². The fourth-order valence-electron chi connectivity index (χ4n) is 6.46. The molecule has 2 fully saturated rings. The van der Waals surface area contributed by atoms with Crippen LogP contribution in [0.15, 0.2) is 30.3 Å². The van der Waals surface area contributed by atoms with E-state index in [-0.39, 0.29) is 79.6 Å². The molecule has 5 amide bonds. The predicted octanol–water partition coefficient (Wildman–Crippen LogP) is 4.41. The Balaban J connectivity index is 0.00000116. The van der Waals surface area contributed by atoms with Crippen LogP contribution in [0.25, 0.3) is 0 Å². The highest BCUT2D eigenvalue weighted by molar-refractivity contribution is 5.81. The van der Waals surface area contributed by atoms with Gasteiger partial charge in [-0.2, -0.15) is 0 Å². The summed E-state index contributed by atoms with van der Waals surface area (Å²) in [6.07, 6.45) is 2.82. The van der Waals surface area contributed by atoms with E-state index < -0.39 is 18.1 Å². The minimum atomic E-state index is -0.546. The Bertz CT molecular complexity index is 1270. The van der Waals surface area contributed by atoms with Crippen LogP contribution in [-0.2, 0) is 33.4 Å². The van der Waals surface area contributed by atoms with Gasteiger partial charge in [0.2, 0.25) is 24.1 Å². The number of nitrogens with zero attached hydrogens (tertiary/aromatic N) is 3. The lowest BCUT2D eigenvalue weighted by atomic mass is 9.90. The lowest BCUT2D eigenvalue weighted by Crippen LogP contribution is -2.54. The summed E-state index contributed by atoms with van der Waals surface area (Å²) in [5.41, 5.74) is 0.994. The van der Waals surface area contributed by atoms with E-state index in [4.69, 9.17) is 19.3 Å². The van der Waals surface area contributed by atoms with Gasteiger partial charge >= 0.3 is 6.09 Å². The summed E-state index contributed by atoms with van der Waals surface area (Å²) in [4.78, 5) is 65.0. The van der Waals surface area contributed by atoms with Crippen LogP contribution in [0.3, 0.4) is 0 Å². The molecule has 0 radical (unpaired) electrons. The number of ether oxygens (including phenoxy) is 3. The Hall–Kier alpha value is -3.75. The minimum Gasteiger partial charge on any atom is -0.441 e. The van der Waals surface area contributed by atoms with Crippen LogP contribution in [-0.4, -0.2) is 141 Å². The summed E-state index contributed by atoms with van der Waals surface area (Å²) >= 11 is 0. The highest BCUT2D eigenvalue weighted by Gasteiger charge is 2.43. The average molecular weight is 780 g/mol. The summed E-state index contributed by atoms with van der Waals surface area (Å²) in [6.45, 7) is 18.3. The second-order valence-electron chi connectivity index (χ2n) is 14.8. The first-order valence-corrected chi connectivity index (χ1v) is 19.6. The quantitative estimate of drug-likeness (QED) is 0.206. The second-order valence-corrected chi connectivity index (χ2v) is 14.8. The standard InChI is InChI=1S/C24H44N4O7.C7H13NO2.C7H8.C3H8/c1-7-16(2)22(27(4)21(32)14-25-15-30)19(34-5)13-20(31)28-11-8-9-18(28)23(35-6)17(3)24(33)26-10-12-29;1-5-7(2,3)10-6(9)8(5)4;1-7-5-3-2-4-6-7;1-3-2/h15-19,22-23,29H,7-14H2,1-6H3,(H,25,30)(H,26,33);5H,1-4H3;2-6H,1H3;3H2,1-2H3. The molecular formula is C41H73N5O9. The molecule has 0 bridgehead atoms. The van der Waals surface area contributed by atoms with Gasteiger partial charge in [0.1, 0.15) is 5.60 Å². The van der Waals surface area contributed by atoms with Gasteiger partial charge in [-0.3, -0.25) is 19.2 Å². The number of aryl methyl sites for hydroxylation is 1. The van der Waals surface area contributed by atoms with Crippen LogP contribution < -0.4 is 10.6 Å². The van der Waals surface area contributed by atoms with E-state index in [0.717, 1.165) is 12.8 Å². The van der Waals surface area contributed by atoms with Gasteiger partial charge in [0.15, 0.2) is 0 Å². The van der Waals surface area contributed by atoms with Crippen molar-refractivity contribution in [2.24, 2.45) is 11.8 Å². The van der Waals surface area contributed by atoms with Crippen molar-refractivity contribution in [3.05, 3.63) is 35.9 Å². The minimum absolute atomic E-state index is 0.0503. The molecule has 2 aliphatic heterocycles. The topological polar surface area (TPSA) is 167 Å². The van der Waals surface area contributed by atoms with Gasteiger partial charge < -0.3 is 44.7 Å². The van der Waals surface area contributed by atoms with Crippen molar-refractivity contribution in [1.29, 1.82) is 0 Å². The first kappa shape index (κ1) is 51.2. The van der Waals surface area contributed by atoms with Crippen LogP contribution in [0.1, 0.15) is 93.1 Å². The number of carbonyl (C=O) groups is 5. The van der Waals surface area contributed by atoms with Gasteiger partial charge in [0.25, 0.3) is 0 Å². The maximum absolute atomic E-state index is 13.5. The molecular weight excluding hydrogens is 706 g/mol. The van der Waals surface area contributed by atoms with Gasteiger partial charge in [0.05, 0.1) is 55.8 Å². The second kappa shape index (κ2) is 27.0. The van der Waals surface area contributed by atoms with Crippen LogP contribution in [0.5, 0.6) is 0 Å². The molecule has 0 aromatic heterocycles. The fraction of sp³-hybridized carbons (Fsp3) is 0.732. The third-order valence-corrected chi connectivity index (χ3v) is 10.2. The maximum atomic E-state index is 13.5. The Labute approximate surface area is 331 Å². The number of methoxy groups -OCH3 is 2. The number of benzene rings is 1. The number of amides is 5. The van der Waals surface area contributed by atoms with Gasteiger partial charge in [-0.25, -0.2) is 4.79 Å². The molecule has 1 aromatic carbocycles. The first-order valence-electron chi connectivity index (χ1n) is 19.6. The molecule has 1 aromatic rings. The molecule has 316 valence electrons. The van der Waals surface area contributed by atoms with E-state index in [1.807, 2.05) is 52.8 Å².